The zero-order valence-electron chi connectivity index (χ0n) is 21.1. The fourth-order valence-electron chi connectivity index (χ4n) is 7.71. The van der Waals surface area contributed by atoms with Gasteiger partial charge in [-0.1, -0.05) is 32.0 Å². The molecule has 2 saturated carbocycles. The van der Waals surface area contributed by atoms with Crippen molar-refractivity contribution in [2.24, 2.45) is 22.7 Å². The molecule has 0 spiro atoms. The van der Waals surface area contributed by atoms with Crippen LogP contribution < -0.4 is 4.74 Å². The predicted octanol–water partition coefficient (Wildman–Crippen LogP) is 3.37. The molecule has 2 aliphatic heterocycles. The van der Waals surface area contributed by atoms with Crippen molar-refractivity contribution in [2.45, 2.75) is 83.3 Å². The van der Waals surface area contributed by atoms with Gasteiger partial charge in [0.25, 0.3) is 0 Å². The van der Waals surface area contributed by atoms with Crippen molar-refractivity contribution < 1.29 is 29.2 Å². The fraction of sp³-hybridized carbons (Fsp3) is 0.750. The Morgan fingerprint density at radius 1 is 1.14 bits per heavy atom. The monoisotopic (exact) mass is 487 g/mol. The number of aliphatic hydroxyl groups is 2. The van der Waals surface area contributed by atoms with Crippen LogP contribution in [0.15, 0.2) is 30.3 Å². The van der Waals surface area contributed by atoms with Gasteiger partial charge in [-0.05, 0) is 67.9 Å². The zero-order valence-corrected chi connectivity index (χ0v) is 21.1. The minimum atomic E-state index is -0.479. The molecule has 2 N–H and O–H groups in total. The van der Waals surface area contributed by atoms with Crippen LogP contribution in [0.4, 0.5) is 0 Å². The molecule has 2 heterocycles. The number of likely N-dealkylation sites (tertiary alicyclic amines) is 1. The second-order valence-corrected chi connectivity index (χ2v) is 11.6. The Bertz CT molecular complexity index is 881. The summed E-state index contributed by atoms with van der Waals surface area (Å²) in [7, 11) is 0. The summed E-state index contributed by atoms with van der Waals surface area (Å²) in [6, 6.07) is 9.64. The maximum Gasteiger partial charge on any atom is 0.223 e. The standard InChI is InChI=1S/C28H41NO6/c1-27-13-12-24-28(2,18-34-26(35-24)17-33-20-8-4-3-5-9-20)23(27)11-10-22(31)21(27)15-25(32)29-14-6-7-19(29)16-30/h3-5,8-9,19,21-24,26,30-31H,6-7,10-18H2,1-2H3. The maximum absolute atomic E-state index is 13.3. The average Bonchev–Trinajstić information content (AvgIpc) is 3.34. The Labute approximate surface area is 208 Å². The van der Waals surface area contributed by atoms with E-state index in [9.17, 15) is 15.0 Å². The molecule has 4 fully saturated rings. The molecule has 2 saturated heterocycles. The summed E-state index contributed by atoms with van der Waals surface area (Å²) in [4.78, 5) is 15.1. The van der Waals surface area contributed by atoms with Crippen LogP contribution in [0.5, 0.6) is 5.75 Å². The fourth-order valence-corrected chi connectivity index (χ4v) is 7.71. The first-order valence-corrected chi connectivity index (χ1v) is 13.4. The number of para-hydroxylation sites is 1. The molecule has 7 nitrogen and oxygen atoms in total. The topological polar surface area (TPSA) is 88.5 Å². The van der Waals surface area contributed by atoms with Gasteiger partial charge in [-0.2, -0.15) is 0 Å². The molecule has 0 aromatic heterocycles. The van der Waals surface area contributed by atoms with Crippen molar-refractivity contribution in [3.05, 3.63) is 30.3 Å². The van der Waals surface area contributed by atoms with Crippen molar-refractivity contribution in [3.63, 3.8) is 0 Å². The third-order valence-corrected chi connectivity index (χ3v) is 9.66. The van der Waals surface area contributed by atoms with Crippen LogP contribution in [-0.2, 0) is 14.3 Å². The van der Waals surface area contributed by atoms with E-state index in [0.717, 1.165) is 37.9 Å². The van der Waals surface area contributed by atoms with Crippen molar-refractivity contribution in [3.8, 4) is 5.75 Å². The Morgan fingerprint density at radius 2 is 1.94 bits per heavy atom. The number of fused-ring (bicyclic) bond motifs is 3. The maximum atomic E-state index is 13.3. The number of hydrogen-bond acceptors (Lipinski definition) is 6. The highest BCUT2D eigenvalue weighted by molar-refractivity contribution is 5.77. The largest absolute Gasteiger partial charge is 0.488 e. The second-order valence-electron chi connectivity index (χ2n) is 11.6. The lowest BCUT2D eigenvalue weighted by atomic mass is 9.46. The molecule has 0 radical (unpaired) electrons. The van der Waals surface area contributed by atoms with Crippen LogP contribution in [0.1, 0.15) is 58.8 Å². The van der Waals surface area contributed by atoms with Gasteiger partial charge >= 0.3 is 0 Å². The minimum Gasteiger partial charge on any atom is -0.488 e. The molecule has 1 amide bonds. The van der Waals surface area contributed by atoms with E-state index in [2.05, 4.69) is 13.8 Å². The summed E-state index contributed by atoms with van der Waals surface area (Å²) in [6.07, 6.45) is 4.76. The third kappa shape index (κ3) is 4.61. The first kappa shape index (κ1) is 25.0. The van der Waals surface area contributed by atoms with Gasteiger partial charge in [-0.15, -0.1) is 0 Å². The van der Waals surface area contributed by atoms with Crippen LogP contribution in [0.3, 0.4) is 0 Å². The summed E-state index contributed by atoms with van der Waals surface area (Å²) in [5.41, 5.74) is -0.327. The summed E-state index contributed by atoms with van der Waals surface area (Å²) in [5, 5.41) is 20.8. The van der Waals surface area contributed by atoms with Gasteiger partial charge in [0.05, 0.1) is 31.5 Å². The van der Waals surface area contributed by atoms with E-state index in [1.165, 1.54) is 0 Å². The molecule has 5 rings (SSSR count). The Kier molecular flexibility index (Phi) is 7.14. The highest BCUT2D eigenvalue weighted by Crippen LogP contribution is 2.62. The number of amides is 1. The lowest BCUT2D eigenvalue weighted by molar-refractivity contribution is -0.313. The number of carbonyl (C=O) groups is 1. The summed E-state index contributed by atoms with van der Waals surface area (Å²) < 4.78 is 18.5. The average molecular weight is 488 g/mol. The van der Waals surface area contributed by atoms with Crippen LogP contribution in [0.25, 0.3) is 0 Å². The van der Waals surface area contributed by atoms with Crippen molar-refractivity contribution in [1.82, 2.24) is 4.90 Å². The molecule has 8 atom stereocenters. The number of aliphatic hydroxyl groups excluding tert-OH is 2. The first-order chi connectivity index (χ1) is 16.8. The SMILES string of the molecule is CC12COC(COc3ccccc3)OC1CCC1(C)C(CC(=O)N3CCCC3CO)C(O)CCC21. The molecule has 7 heteroatoms. The number of hydrogen-bond donors (Lipinski definition) is 2. The van der Waals surface area contributed by atoms with E-state index in [1.54, 1.807) is 0 Å². The molecule has 1 aromatic rings. The minimum absolute atomic E-state index is 0.0163. The molecular weight excluding hydrogens is 446 g/mol. The van der Waals surface area contributed by atoms with Crippen LogP contribution in [0, 0.1) is 22.7 Å². The van der Waals surface area contributed by atoms with Crippen molar-refractivity contribution in [1.29, 1.82) is 0 Å². The van der Waals surface area contributed by atoms with Gasteiger partial charge in [-0.3, -0.25) is 4.79 Å². The van der Waals surface area contributed by atoms with Gasteiger partial charge in [-0.25, -0.2) is 0 Å². The number of benzene rings is 1. The molecule has 35 heavy (non-hydrogen) atoms. The van der Waals surface area contributed by atoms with Gasteiger partial charge in [0.2, 0.25) is 5.91 Å². The lowest BCUT2D eigenvalue weighted by Crippen LogP contribution is -2.63. The van der Waals surface area contributed by atoms with Gasteiger partial charge in [0.1, 0.15) is 12.4 Å². The molecule has 2 aliphatic carbocycles. The normalized spacial score (nSPS) is 41.2. The summed E-state index contributed by atoms with van der Waals surface area (Å²) in [5.74, 6) is 1.09. The van der Waals surface area contributed by atoms with E-state index in [0.29, 0.717) is 38.5 Å². The van der Waals surface area contributed by atoms with Gasteiger partial charge in [0.15, 0.2) is 6.29 Å². The van der Waals surface area contributed by atoms with Crippen LogP contribution >= 0.6 is 0 Å². The second kappa shape index (κ2) is 10.0. The molecule has 4 aliphatic rings. The summed E-state index contributed by atoms with van der Waals surface area (Å²) in [6.45, 7) is 6.22. The lowest BCUT2D eigenvalue weighted by Gasteiger charge is -2.63. The quantitative estimate of drug-likeness (QED) is 0.640. The highest BCUT2D eigenvalue weighted by atomic mass is 16.7. The third-order valence-electron chi connectivity index (χ3n) is 9.66. The van der Waals surface area contributed by atoms with E-state index in [1.807, 2.05) is 35.2 Å². The van der Waals surface area contributed by atoms with Crippen molar-refractivity contribution >= 4 is 5.91 Å². The molecule has 194 valence electrons. The van der Waals surface area contributed by atoms with E-state index < -0.39 is 12.4 Å². The molecule has 0 bridgehead atoms. The zero-order chi connectivity index (χ0) is 24.6. The van der Waals surface area contributed by atoms with E-state index in [4.69, 9.17) is 14.2 Å². The Morgan fingerprint density at radius 3 is 2.71 bits per heavy atom. The molecule has 1 aromatic carbocycles. The Hall–Kier alpha value is -1.67. The highest BCUT2D eigenvalue weighted by Gasteiger charge is 2.61. The van der Waals surface area contributed by atoms with Crippen LogP contribution in [0.2, 0.25) is 0 Å². The predicted molar refractivity (Wildman–Crippen MR) is 131 cm³/mol. The van der Waals surface area contributed by atoms with Gasteiger partial charge in [0, 0.05) is 18.4 Å². The molecule has 8 unspecified atom stereocenters. The number of ether oxygens (including phenoxy) is 3. The Balaban J connectivity index is 1.27. The number of rotatable bonds is 6. The van der Waals surface area contributed by atoms with Crippen LogP contribution in [-0.4, -0.2) is 71.9 Å². The number of carbonyl (C=O) groups excluding carboxylic acids is 1. The molecular formula is C28H41NO6. The number of nitrogens with zero attached hydrogens (tertiary/aromatic N) is 1. The smallest absolute Gasteiger partial charge is 0.223 e. The van der Waals surface area contributed by atoms with E-state index in [-0.39, 0.29) is 41.4 Å². The van der Waals surface area contributed by atoms with Gasteiger partial charge < -0.3 is 29.3 Å². The first-order valence-electron chi connectivity index (χ1n) is 13.4. The summed E-state index contributed by atoms with van der Waals surface area (Å²) >= 11 is 0. The van der Waals surface area contributed by atoms with Crippen molar-refractivity contribution in [2.75, 3.05) is 26.4 Å². The van der Waals surface area contributed by atoms with E-state index >= 15 is 0 Å².